The molecule has 0 bridgehead atoms. The van der Waals surface area contributed by atoms with Crippen LogP contribution in [0.5, 0.6) is 0 Å². The van der Waals surface area contributed by atoms with Crippen LogP contribution < -0.4 is 10.6 Å². The van der Waals surface area contributed by atoms with Gasteiger partial charge in [-0.2, -0.15) is 0 Å². The van der Waals surface area contributed by atoms with Crippen LogP contribution in [0.1, 0.15) is 45.4 Å². The highest BCUT2D eigenvalue weighted by Crippen LogP contribution is 2.16. The molecule has 0 aromatic rings. The third-order valence-corrected chi connectivity index (χ3v) is 4.93. The summed E-state index contributed by atoms with van der Waals surface area (Å²) >= 11 is 0. The average molecular weight is 468 g/mol. The van der Waals surface area contributed by atoms with Gasteiger partial charge in [0.15, 0.2) is 5.96 Å². The molecule has 2 aliphatic rings. The molecule has 148 valence electrons. The van der Waals surface area contributed by atoms with E-state index in [1.54, 1.807) is 0 Å². The van der Waals surface area contributed by atoms with Gasteiger partial charge in [0.2, 0.25) is 0 Å². The van der Waals surface area contributed by atoms with Crippen LogP contribution in [0.15, 0.2) is 4.99 Å². The Morgan fingerprint density at radius 1 is 1.20 bits per heavy atom. The van der Waals surface area contributed by atoms with Crippen molar-refractivity contribution in [2.45, 2.75) is 57.6 Å². The number of hydrogen-bond acceptors (Lipinski definition) is 4. The SMILES string of the molecule is CN=C(NCCCOC1CCOC1)NCCCN1CCCCC1C.I. The van der Waals surface area contributed by atoms with Crippen molar-refractivity contribution in [2.75, 3.05) is 53.0 Å². The smallest absolute Gasteiger partial charge is 0.190 e. The van der Waals surface area contributed by atoms with Gasteiger partial charge in [-0.1, -0.05) is 6.42 Å². The first-order valence-corrected chi connectivity index (χ1v) is 9.67. The molecule has 2 saturated heterocycles. The number of piperidine rings is 1. The molecular weight excluding hydrogens is 431 g/mol. The fraction of sp³-hybridized carbons (Fsp3) is 0.944. The molecule has 2 aliphatic heterocycles. The van der Waals surface area contributed by atoms with Gasteiger partial charge in [0.05, 0.1) is 12.7 Å². The van der Waals surface area contributed by atoms with Gasteiger partial charge in [0.25, 0.3) is 0 Å². The molecule has 0 aromatic heterocycles. The molecule has 2 fully saturated rings. The van der Waals surface area contributed by atoms with E-state index < -0.39 is 0 Å². The lowest BCUT2D eigenvalue weighted by Gasteiger charge is -2.33. The molecule has 7 heteroatoms. The van der Waals surface area contributed by atoms with Crippen molar-refractivity contribution < 1.29 is 9.47 Å². The summed E-state index contributed by atoms with van der Waals surface area (Å²) in [6, 6.07) is 0.751. The van der Waals surface area contributed by atoms with Crippen molar-refractivity contribution in [1.29, 1.82) is 0 Å². The minimum Gasteiger partial charge on any atom is -0.379 e. The maximum absolute atomic E-state index is 5.76. The Bertz CT molecular complexity index is 365. The summed E-state index contributed by atoms with van der Waals surface area (Å²) in [5.74, 6) is 0.894. The normalized spacial score (nSPS) is 24.8. The van der Waals surface area contributed by atoms with Crippen molar-refractivity contribution in [1.82, 2.24) is 15.5 Å². The first-order chi connectivity index (χ1) is 11.8. The molecule has 2 atom stereocenters. The number of nitrogens with zero attached hydrogens (tertiary/aromatic N) is 2. The highest BCUT2D eigenvalue weighted by atomic mass is 127. The number of hydrogen-bond donors (Lipinski definition) is 2. The van der Waals surface area contributed by atoms with Crippen LogP contribution >= 0.6 is 24.0 Å². The maximum Gasteiger partial charge on any atom is 0.190 e. The predicted octanol–water partition coefficient (Wildman–Crippen LogP) is 2.23. The average Bonchev–Trinajstić information content (AvgIpc) is 3.11. The van der Waals surface area contributed by atoms with Crippen molar-refractivity contribution in [3.8, 4) is 0 Å². The Balaban J connectivity index is 0.00000312. The predicted molar refractivity (Wildman–Crippen MR) is 114 cm³/mol. The fourth-order valence-electron chi connectivity index (χ4n) is 3.37. The van der Waals surface area contributed by atoms with Crippen molar-refractivity contribution in [3.63, 3.8) is 0 Å². The first-order valence-electron chi connectivity index (χ1n) is 9.67. The van der Waals surface area contributed by atoms with Crippen LogP contribution in [0, 0.1) is 0 Å². The molecule has 0 saturated carbocycles. The van der Waals surface area contributed by atoms with Crippen LogP contribution in [-0.2, 0) is 9.47 Å². The third-order valence-electron chi connectivity index (χ3n) is 4.93. The molecule has 6 nitrogen and oxygen atoms in total. The lowest BCUT2D eigenvalue weighted by molar-refractivity contribution is 0.0420. The van der Waals surface area contributed by atoms with E-state index in [2.05, 4.69) is 27.4 Å². The summed E-state index contributed by atoms with van der Waals surface area (Å²) in [7, 11) is 1.83. The van der Waals surface area contributed by atoms with Gasteiger partial charge in [-0.15, -0.1) is 24.0 Å². The summed E-state index contributed by atoms with van der Waals surface area (Å²) in [5.41, 5.74) is 0. The lowest BCUT2D eigenvalue weighted by Crippen LogP contribution is -2.41. The summed E-state index contributed by atoms with van der Waals surface area (Å²) in [6.07, 6.45) is 7.59. The molecule has 2 unspecified atom stereocenters. The Morgan fingerprint density at radius 2 is 2.00 bits per heavy atom. The van der Waals surface area contributed by atoms with E-state index in [1.165, 1.54) is 32.4 Å². The van der Waals surface area contributed by atoms with Crippen LogP contribution in [0.2, 0.25) is 0 Å². The second-order valence-corrected chi connectivity index (χ2v) is 6.87. The zero-order chi connectivity index (χ0) is 17.0. The summed E-state index contributed by atoms with van der Waals surface area (Å²) in [6.45, 7) is 9.04. The van der Waals surface area contributed by atoms with E-state index in [9.17, 15) is 0 Å². The fourth-order valence-corrected chi connectivity index (χ4v) is 3.37. The Hall–Kier alpha value is -0.120. The monoisotopic (exact) mass is 468 g/mol. The number of halogens is 1. The number of ether oxygens (including phenoxy) is 2. The minimum atomic E-state index is 0. The highest BCUT2D eigenvalue weighted by Gasteiger charge is 2.17. The van der Waals surface area contributed by atoms with Crippen molar-refractivity contribution in [3.05, 3.63) is 0 Å². The van der Waals surface area contributed by atoms with E-state index in [0.29, 0.717) is 6.10 Å². The molecule has 0 amide bonds. The first kappa shape index (κ1) is 22.9. The molecule has 25 heavy (non-hydrogen) atoms. The molecule has 0 radical (unpaired) electrons. The summed E-state index contributed by atoms with van der Waals surface area (Å²) in [4.78, 5) is 6.90. The highest BCUT2D eigenvalue weighted by molar-refractivity contribution is 14.0. The molecule has 2 rings (SSSR count). The number of aliphatic imine (C=N–C) groups is 1. The Morgan fingerprint density at radius 3 is 2.68 bits per heavy atom. The van der Waals surface area contributed by atoms with Gasteiger partial charge >= 0.3 is 0 Å². The van der Waals surface area contributed by atoms with Crippen LogP contribution in [0.25, 0.3) is 0 Å². The zero-order valence-electron chi connectivity index (χ0n) is 16.0. The summed E-state index contributed by atoms with van der Waals surface area (Å²) in [5, 5.41) is 6.76. The lowest BCUT2D eigenvalue weighted by atomic mass is 10.0. The second-order valence-electron chi connectivity index (χ2n) is 6.87. The molecule has 0 aromatic carbocycles. The van der Waals surface area contributed by atoms with Crippen LogP contribution in [-0.4, -0.2) is 76.1 Å². The number of rotatable bonds is 9. The molecule has 0 aliphatic carbocycles. The second kappa shape index (κ2) is 14.0. The number of guanidine groups is 1. The molecule has 0 spiro atoms. The topological polar surface area (TPSA) is 58.1 Å². The summed E-state index contributed by atoms with van der Waals surface area (Å²) < 4.78 is 11.1. The van der Waals surface area contributed by atoms with E-state index in [1.807, 2.05) is 7.05 Å². The van der Waals surface area contributed by atoms with Gasteiger partial charge in [-0.3, -0.25) is 4.99 Å². The largest absolute Gasteiger partial charge is 0.379 e. The van der Waals surface area contributed by atoms with Crippen molar-refractivity contribution in [2.24, 2.45) is 4.99 Å². The quantitative estimate of drug-likeness (QED) is 0.235. The van der Waals surface area contributed by atoms with Gasteiger partial charge < -0.3 is 25.0 Å². The number of nitrogens with one attached hydrogen (secondary N) is 2. The standard InChI is InChI=1S/C18H36N4O2.HI/c1-16-7-3-4-11-22(16)12-5-9-20-18(19-2)21-10-6-13-24-17-8-14-23-15-17;/h16-17H,3-15H2,1-2H3,(H2,19,20,21);1H. The molecule has 2 N–H and O–H groups in total. The van der Waals surface area contributed by atoms with E-state index in [0.717, 1.165) is 64.2 Å². The minimum absolute atomic E-state index is 0. The maximum atomic E-state index is 5.76. The Kier molecular flexibility index (Phi) is 12.8. The Labute approximate surface area is 170 Å². The third kappa shape index (κ3) is 9.40. The number of likely N-dealkylation sites (tertiary alicyclic amines) is 1. The van der Waals surface area contributed by atoms with Crippen LogP contribution in [0.3, 0.4) is 0 Å². The van der Waals surface area contributed by atoms with Crippen molar-refractivity contribution >= 4 is 29.9 Å². The molecular formula is C18H37IN4O2. The van der Waals surface area contributed by atoms with Gasteiger partial charge in [0.1, 0.15) is 0 Å². The van der Waals surface area contributed by atoms with Gasteiger partial charge in [-0.25, -0.2) is 0 Å². The van der Waals surface area contributed by atoms with E-state index in [-0.39, 0.29) is 24.0 Å². The van der Waals surface area contributed by atoms with E-state index in [4.69, 9.17) is 9.47 Å². The van der Waals surface area contributed by atoms with Crippen LogP contribution in [0.4, 0.5) is 0 Å². The van der Waals surface area contributed by atoms with Gasteiger partial charge in [0, 0.05) is 45.9 Å². The van der Waals surface area contributed by atoms with E-state index >= 15 is 0 Å². The van der Waals surface area contributed by atoms with Gasteiger partial charge in [-0.05, 0) is 45.6 Å². The zero-order valence-corrected chi connectivity index (χ0v) is 18.3. The molecule has 2 heterocycles.